The van der Waals surface area contributed by atoms with E-state index in [1.54, 1.807) is 12.3 Å². The molecule has 1 aliphatic rings. The summed E-state index contributed by atoms with van der Waals surface area (Å²) in [5, 5.41) is 6.60. The Hall–Kier alpha value is -0.650. The van der Waals surface area contributed by atoms with Crippen LogP contribution in [0.15, 0.2) is 16.7 Å². The topological polar surface area (TPSA) is 54.0 Å². The summed E-state index contributed by atoms with van der Waals surface area (Å²) >= 11 is 9.09. The molecule has 1 aromatic rings. The van der Waals surface area contributed by atoms with Crippen LogP contribution in [0, 0.1) is 5.92 Å². The van der Waals surface area contributed by atoms with Gasteiger partial charge in [0.1, 0.15) is 5.15 Å². The molecule has 0 saturated carbocycles. The molecule has 0 radical (unpaired) electrons. The lowest BCUT2D eigenvalue weighted by Gasteiger charge is -2.27. The van der Waals surface area contributed by atoms with Crippen LogP contribution in [-0.2, 0) is 4.79 Å². The van der Waals surface area contributed by atoms with Gasteiger partial charge in [-0.25, -0.2) is 4.98 Å². The van der Waals surface area contributed by atoms with Gasteiger partial charge in [-0.1, -0.05) is 11.6 Å². The highest BCUT2D eigenvalue weighted by molar-refractivity contribution is 9.10. The van der Waals surface area contributed by atoms with Gasteiger partial charge in [-0.05, 0) is 48.3 Å². The van der Waals surface area contributed by atoms with E-state index in [2.05, 4.69) is 38.5 Å². The van der Waals surface area contributed by atoms with Crippen molar-refractivity contribution in [3.63, 3.8) is 0 Å². The Kier molecular flexibility index (Phi) is 4.59. The highest BCUT2D eigenvalue weighted by Gasteiger charge is 2.24. The number of nitrogens with zero attached hydrogens (tertiary/aromatic N) is 1. The minimum absolute atomic E-state index is 0.0550. The number of carbonyl (C=O) groups excluding carboxylic acids is 1. The number of amides is 1. The van der Waals surface area contributed by atoms with Crippen molar-refractivity contribution in [2.24, 2.45) is 5.92 Å². The zero-order valence-corrected chi connectivity index (χ0v) is 12.4. The molecule has 2 N–H and O–H groups in total. The molecule has 1 fully saturated rings. The fraction of sp³-hybridized carbons (Fsp3) is 0.500. The number of anilines is 1. The number of nitrogens with one attached hydrogen (secondary N) is 2. The molecule has 2 unspecified atom stereocenters. The van der Waals surface area contributed by atoms with Crippen LogP contribution in [0.5, 0.6) is 0 Å². The normalized spacial score (nSPS) is 23.7. The van der Waals surface area contributed by atoms with Gasteiger partial charge in [-0.15, -0.1) is 0 Å². The molecule has 18 heavy (non-hydrogen) atoms. The van der Waals surface area contributed by atoms with Gasteiger partial charge in [0.2, 0.25) is 5.91 Å². The second-order valence-corrected chi connectivity index (χ2v) is 5.77. The Bertz CT molecular complexity index is 455. The van der Waals surface area contributed by atoms with Gasteiger partial charge in [0.05, 0.1) is 16.4 Å². The van der Waals surface area contributed by atoms with E-state index in [9.17, 15) is 4.79 Å². The summed E-state index contributed by atoms with van der Waals surface area (Å²) in [7, 11) is 0. The molecule has 0 aromatic carbocycles. The molecule has 0 bridgehead atoms. The average molecular weight is 333 g/mol. The molecule has 0 spiro atoms. The maximum Gasteiger partial charge on any atom is 0.227 e. The summed E-state index contributed by atoms with van der Waals surface area (Å²) in [6.07, 6.45) is 3.31. The molecule has 2 atom stereocenters. The second kappa shape index (κ2) is 5.99. The van der Waals surface area contributed by atoms with E-state index in [0.29, 0.717) is 21.4 Å². The number of halogens is 2. The Morgan fingerprint density at radius 2 is 2.44 bits per heavy atom. The first-order valence-corrected chi connectivity index (χ1v) is 7.08. The fourth-order valence-corrected chi connectivity index (χ4v) is 2.56. The Morgan fingerprint density at radius 3 is 3.11 bits per heavy atom. The van der Waals surface area contributed by atoms with Crippen molar-refractivity contribution in [2.45, 2.75) is 25.8 Å². The molecule has 6 heteroatoms. The fourth-order valence-electron chi connectivity index (χ4n) is 2.10. The number of aromatic nitrogens is 1. The third kappa shape index (κ3) is 3.43. The van der Waals surface area contributed by atoms with Gasteiger partial charge in [0, 0.05) is 12.0 Å². The molecule has 4 nitrogen and oxygen atoms in total. The lowest BCUT2D eigenvalue weighted by atomic mass is 9.92. The van der Waals surface area contributed by atoms with Crippen molar-refractivity contribution in [2.75, 3.05) is 11.9 Å². The minimum Gasteiger partial charge on any atom is -0.324 e. The van der Waals surface area contributed by atoms with E-state index in [0.717, 1.165) is 19.4 Å². The lowest BCUT2D eigenvalue weighted by molar-refractivity contribution is -0.120. The Balaban J connectivity index is 2.00. The first-order valence-electron chi connectivity index (χ1n) is 5.91. The van der Waals surface area contributed by atoms with Crippen LogP contribution in [-0.4, -0.2) is 23.5 Å². The maximum atomic E-state index is 12.1. The molecule has 1 aliphatic heterocycles. The van der Waals surface area contributed by atoms with Gasteiger partial charge >= 0.3 is 0 Å². The average Bonchev–Trinajstić information content (AvgIpc) is 2.34. The lowest BCUT2D eigenvalue weighted by Crippen LogP contribution is -2.40. The quantitative estimate of drug-likeness (QED) is 0.819. The molecule has 2 rings (SSSR count). The monoisotopic (exact) mass is 331 g/mol. The van der Waals surface area contributed by atoms with Crippen molar-refractivity contribution < 1.29 is 4.79 Å². The van der Waals surface area contributed by atoms with Crippen LogP contribution in [0.2, 0.25) is 5.15 Å². The minimum atomic E-state index is 0.0550. The van der Waals surface area contributed by atoms with Crippen molar-refractivity contribution in [1.29, 1.82) is 0 Å². The first-order chi connectivity index (χ1) is 8.56. The molecule has 1 saturated heterocycles. The summed E-state index contributed by atoms with van der Waals surface area (Å²) < 4.78 is 0.681. The summed E-state index contributed by atoms with van der Waals surface area (Å²) in [6.45, 7) is 2.99. The molecule has 98 valence electrons. The number of piperidine rings is 1. The van der Waals surface area contributed by atoms with Crippen molar-refractivity contribution >= 4 is 39.1 Å². The van der Waals surface area contributed by atoms with Crippen LogP contribution in [0.25, 0.3) is 0 Å². The van der Waals surface area contributed by atoms with Crippen LogP contribution < -0.4 is 10.6 Å². The number of hydrogen-bond acceptors (Lipinski definition) is 3. The van der Waals surface area contributed by atoms with E-state index in [1.807, 2.05) is 0 Å². The van der Waals surface area contributed by atoms with Crippen LogP contribution in [0.4, 0.5) is 5.69 Å². The predicted molar refractivity (Wildman–Crippen MR) is 75.8 cm³/mol. The van der Waals surface area contributed by atoms with Crippen molar-refractivity contribution in [3.8, 4) is 0 Å². The van der Waals surface area contributed by atoms with Gasteiger partial charge in [0.15, 0.2) is 0 Å². The van der Waals surface area contributed by atoms with E-state index in [-0.39, 0.29) is 11.8 Å². The molecular formula is C12H15BrClN3O. The zero-order chi connectivity index (χ0) is 13.1. The largest absolute Gasteiger partial charge is 0.324 e. The first kappa shape index (κ1) is 13.8. The van der Waals surface area contributed by atoms with Gasteiger partial charge in [-0.2, -0.15) is 0 Å². The van der Waals surface area contributed by atoms with Gasteiger partial charge < -0.3 is 10.6 Å². The number of rotatable bonds is 2. The smallest absolute Gasteiger partial charge is 0.227 e. The predicted octanol–water partition coefficient (Wildman–Crippen LogP) is 2.82. The van der Waals surface area contributed by atoms with Crippen molar-refractivity contribution in [3.05, 3.63) is 21.9 Å². The van der Waals surface area contributed by atoms with E-state index in [1.165, 1.54) is 0 Å². The summed E-state index contributed by atoms with van der Waals surface area (Å²) in [5.41, 5.74) is 0.669. The van der Waals surface area contributed by atoms with E-state index < -0.39 is 0 Å². The standard InChI is InChI=1S/C12H15BrClN3O/c1-7-4-8(2-3-15-7)12(18)17-9-5-10(13)11(14)16-6-9/h5-8,15H,2-4H2,1H3,(H,17,18). The number of pyridine rings is 1. The molecule has 1 aromatic heterocycles. The number of carbonyl (C=O) groups is 1. The van der Waals surface area contributed by atoms with Crippen LogP contribution >= 0.6 is 27.5 Å². The maximum absolute atomic E-state index is 12.1. The van der Waals surface area contributed by atoms with Gasteiger partial charge in [0.25, 0.3) is 0 Å². The highest BCUT2D eigenvalue weighted by Crippen LogP contribution is 2.24. The third-order valence-corrected chi connectivity index (χ3v) is 4.19. The van der Waals surface area contributed by atoms with Crippen molar-refractivity contribution in [1.82, 2.24) is 10.3 Å². The van der Waals surface area contributed by atoms with Gasteiger partial charge in [-0.3, -0.25) is 4.79 Å². The zero-order valence-electron chi connectivity index (χ0n) is 10.0. The van der Waals surface area contributed by atoms with E-state index in [4.69, 9.17) is 11.6 Å². The SMILES string of the molecule is CC1CC(C(=O)Nc2cnc(Cl)c(Br)c2)CCN1. The highest BCUT2D eigenvalue weighted by atomic mass is 79.9. The van der Waals surface area contributed by atoms with E-state index >= 15 is 0 Å². The molecule has 2 heterocycles. The molecule has 1 amide bonds. The second-order valence-electron chi connectivity index (χ2n) is 4.56. The molecular weight excluding hydrogens is 318 g/mol. The van der Waals surface area contributed by atoms with Crippen LogP contribution in [0.1, 0.15) is 19.8 Å². The Labute approximate surface area is 120 Å². The third-order valence-electron chi connectivity index (χ3n) is 3.06. The number of hydrogen-bond donors (Lipinski definition) is 2. The summed E-state index contributed by atoms with van der Waals surface area (Å²) in [4.78, 5) is 16.1. The molecule has 0 aliphatic carbocycles. The summed E-state index contributed by atoms with van der Waals surface area (Å²) in [5.74, 6) is 0.120. The summed E-state index contributed by atoms with van der Waals surface area (Å²) in [6, 6.07) is 2.15. The van der Waals surface area contributed by atoms with Crippen LogP contribution in [0.3, 0.4) is 0 Å². The Morgan fingerprint density at radius 1 is 1.67 bits per heavy atom.